The second-order valence-electron chi connectivity index (χ2n) is 10.3. The van der Waals surface area contributed by atoms with Crippen LogP contribution in [0.3, 0.4) is 0 Å². The first kappa shape index (κ1) is 28.1. The van der Waals surface area contributed by atoms with Gasteiger partial charge in [0.1, 0.15) is 39.2 Å². The SMILES string of the molecule is BC(B)(B)NC(=O)c1nnc(NC(=O)C2CC2)cc1Nc1cc(F)cc(-c2ncc(C(=O)N(C)C)s2)c1OC. The van der Waals surface area contributed by atoms with Crippen LogP contribution in [0.4, 0.5) is 21.6 Å². The molecule has 4 rings (SSSR count). The molecule has 1 aromatic carbocycles. The van der Waals surface area contributed by atoms with E-state index in [9.17, 15) is 18.8 Å². The Morgan fingerprint density at radius 2 is 1.85 bits per heavy atom. The van der Waals surface area contributed by atoms with E-state index in [2.05, 4.69) is 31.1 Å². The molecule has 0 bridgehead atoms. The van der Waals surface area contributed by atoms with Gasteiger partial charge in [0.2, 0.25) is 5.91 Å². The Bertz CT molecular complexity index is 1440. The van der Waals surface area contributed by atoms with Gasteiger partial charge < -0.3 is 25.6 Å². The maximum atomic E-state index is 14.9. The van der Waals surface area contributed by atoms with E-state index in [0.29, 0.717) is 15.4 Å². The monoisotopic (exact) mass is 549 g/mol. The van der Waals surface area contributed by atoms with Gasteiger partial charge in [0.25, 0.3) is 11.8 Å². The molecular weight excluding hydrogens is 522 g/mol. The molecule has 2 aromatic heterocycles. The van der Waals surface area contributed by atoms with E-state index in [1.807, 2.05) is 23.5 Å². The highest BCUT2D eigenvalue weighted by atomic mass is 32.1. The predicted molar refractivity (Wildman–Crippen MR) is 155 cm³/mol. The lowest BCUT2D eigenvalue weighted by Crippen LogP contribution is -2.50. The summed E-state index contributed by atoms with van der Waals surface area (Å²) < 4.78 is 20.5. The van der Waals surface area contributed by atoms with Crippen LogP contribution in [0.2, 0.25) is 0 Å². The van der Waals surface area contributed by atoms with Gasteiger partial charge in [-0.15, -0.1) is 21.5 Å². The number of rotatable bonds is 9. The van der Waals surface area contributed by atoms with Crippen LogP contribution < -0.4 is 20.7 Å². The Morgan fingerprint density at radius 1 is 1.13 bits per heavy atom. The molecule has 16 heteroatoms. The van der Waals surface area contributed by atoms with Gasteiger partial charge in [-0.1, -0.05) is 0 Å². The maximum absolute atomic E-state index is 14.9. The summed E-state index contributed by atoms with van der Waals surface area (Å²) in [6.07, 6.45) is 3.03. The number of halogens is 1. The summed E-state index contributed by atoms with van der Waals surface area (Å²) in [5, 5.41) is 16.5. The minimum Gasteiger partial charge on any atom is -0.494 e. The number of amides is 3. The predicted octanol–water partition coefficient (Wildman–Crippen LogP) is -0.218. The summed E-state index contributed by atoms with van der Waals surface area (Å²) in [5.41, 5.74) is 0.610. The molecule has 0 saturated heterocycles. The van der Waals surface area contributed by atoms with E-state index >= 15 is 0 Å². The summed E-state index contributed by atoms with van der Waals surface area (Å²) in [6.45, 7) is 0. The van der Waals surface area contributed by atoms with Gasteiger partial charge in [-0.2, -0.15) is 0 Å². The summed E-state index contributed by atoms with van der Waals surface area (Å²) >= 11 is 1.10. The molecule has 3 aromatic rings. The zero-order valence-corrected chi connectivity index (χ0v) is 23.3. The second kappa shape index (κ2) is 11.0. The van der Waals surface area contributed by atoms with Crippen LogP contribution >= 0.6 is 11.3 Å². The van der Waals surface area contributed by atoms with Crippen molar-refractivity contribution in [2.45, 2.75) is 18.1 Å². The molecule has 39 heavy (non-hydrogen) atoms. The minimum atomic E-state index is -0.603. The molecule has 1 saturated carbocycles. The lowest BCUT2D eigenvalue weighted by molar-refractivity contribution is -0.117. The number of hydrogen-bond donors (Lipinski definition) is 3. The number of nitrogens with zero attached hydrogens (tertiary/aromatic N) is 4. The fourth-order valence-electron chi connectivity index (χ4n) is 3.62. The van der Waals surface area contributed by atoms with Crippen molar-refractivity contribution in [2.24, 2.45) is 5.92 Å². The van der Waals surface area contributed by atoms with E-state index in [1.54, 1.807) is 14.1 Å². The van der Waals surface area contributed by atoms with Gasteiger partial charge in [0, 0.05) is 32.1 Å². The number of methoxy groups -OCH3 is 1. The summed E-state index contributed by atoms with van der Waals surface area (Å²) in [4.78, 5) is 43.9. The van der Waals surface area contributed by atoms with E-state index in [-0.39, 0.29) is 46.4 Å². The lowest BCUT2D eigenvalue weighted by atomic mass is 9.49. The molecule has 2 heterocycles. The van der Waals surface area contributed by atoms with Crippen LogP contribution in [0.15, 0.2) is 24.4 Å². The molecule has 0 atom stereocenters. The molecule has 0 aliphatic heterocycles. The van der Waals surface area contributed by atoms with Crippen molar-refractivity contribution in [2.75, 3.05) is 31.8 Å². The fraction of sp³-hybridized carbons (Fsp3) is 0.304. The number of thiazole rings is 1. The van der Waals surface area contributed by atoms with Gasteiger partial charge in [-0.3, -0.25) is 14.4 Å². The first-order chi connectivity index (χ1) is 18.4. The number of aromatic nitrogens is 3. The molecular formula is C23H27B3FN7O4S. The number of carbonyl (C=O) groups is 3. The first-order valence-electron chi connectivity index (χ1n) is 12.2. The molecule has 1 fully saturated rings. The second-order valence-corrected chi connectivity index (χ2v) is 11.4. The van der Waals surface area contributed by atoms with Crippen LogP contribution in [0.5, 0.6) is 5.75 Å². The third-order valence-electron chi connectivity index (χ3n) is 5.58. The average Bonchev–Trinajstić information content (AvgIpc) is 3.59. The van der Waals surface area contributed by atoms with Crippen molar-refractivity contribution in [3.63, 3.8) is 0 Å². The molecule has 11 nitrogen and oxygen atoms in total. The van der Waals surface area contributed by atoms with Gasteiger partial charge in [-0.25, -0.2) is 9.37 Å². The highest BCUT2D eigenvalue weighted by Crippen LogP contribution is 2.41. The Balaban J connectivity index is 1.75. The Kier molecular flexibility index (Phi) is 7.95. The number of benzene rings is 1. The number of ether oxygens (including phenoxy) is 1. The third kappa shape index (κ3) is 6.74. The van der Waals surface area contributed by atoms with Gasteiger partial charge in [0.15, 0.2) is 17.3 Å². The summed E-state index contributed by atoms with van der Waals surface area (Å²) in [7, 11) is 10.1. The summed E-state index contributed by atoms with van der Waals surface area (Å²) in [6, 6.07) is 3.92. The smallest absolute Gasteiger partial charge is 0.272 e. The quantitative estimate of drug-likeness (QED) is 0.312. The molecule has 0 radical (unpaired) electrons. The molecule has 0 spiro atoms. The van der Waals surface area contributed by atoms with Gasteiger partial charge in [-0.05, 0) is 24.1 Å². The molecule has 0 unspecified atom stereocenters. The van der Waals surface area contributed by atoms with Gasteiger partial charge in [0.05, 0.1) is 30.2 Å². The molecule has 3 N–H and O–H groups in total. The van der Waals surface area contributed by atoms with E-state index in [1.165, 1.54) is 36.4 Å². The average molecular weight is 549 g/mol. The summed E-state index contributed by atoms with van der Waals surface area (Å²) in [5.74, 6) is -1.22. The zero-order chi connectivity index (χ0) is 28.5. The van der Waals surface area contributed by atoms with E-state index in [0.717, 1.165) is 24.2 Å². The standard InChI is InChI=1S/C23H27B3FN7O4S/c1-34(2)22(37)15-9-28-21(39-15)12-6-11(27)7-14(18(12)38-3)29-13-8-16(30-19(35)10-4-5-10)32-33-17(13)20(36)31-23(24,25)26/h6-10H,4-5,24-26H2,1-3H3,(H,31,36)(H2,29,30,32,35). The lowest BCUT2D eigenvalue weighted by Gasteiger charge is -2.22. The van der Waals surface area contributed by atoms with Crippen molar-refractivity contribution in [3.05, 3.63) is 40.8 Å². The molecule has 200 valence electrons. The minimum absolute atomic E-state index is 0.0599. The fourth-order valence-corrected chi connectivity index (χ4v) is 4.57. The van der Waals surface area contributed by atoms with Crippen molar-refractivity contribution in [1.82, 2.24) is 25.4 Å². The molecule has 1 aliphatic carbocycles. The topological polar surface area (TPSA) is 138 Å². The van der Waals surface area contributed by atoms with Crippen LogP contribution in [0, 0.1) is 11.7 Å². The highest BCUT2D eigenvalue weighted by molar-refractivity contribution is 7.17. The van der Waals surface area contributed by atoms with Crippen LogP contribution in [-0.2, 0) is 4.79 Å². The first-order valence-corrected chi connectivity index (χ1v) is 13.0. The van der Waals surface area contributed by atoms with Crippen LogP contribution in [0.25, 0.3) is 10.6 Å². The number of nitrogens with one attached hydrogen (secondary N) is 3. The highest BCUT2D eigenvalue weighted by Gasteiger charge is 2.30. The number of carbonyl (C=O) groups excluding carboxylic acids is 3. The molecule has 3 amide bonds. The maximum Gasteiger partial charge on any atom is 0.272 e. The Labute approximate surface area is 231 Å². The number of hydrogen-bond acceptors (Lipinski definition) is 9. The third-order valence-corrected chi connectivity index (χ3v) is 6.60. The van der Waals surface area contributed by atoms with Crippen molar-refractivity contribution in [1.29, 1.82) is 0 Å². The Morgan fingerprint density at radius 3 is 2.46 bits per heavy atom. The normalized spacial score (nSPS) is 12.9. The van der Waals surface area contributed by atoms with Gasteiger partial charge >= 0.3 is 0 Å². The largest absolute Gasteiger partial charge is 0.494 e. The molecule has 1 aliphatic rings. The van der Waals surface area contributed by atoms with E-state index in [4.69, 9.17) is 4.74 Å². The van der Waals surface area contributed by atoms with Crippen LogP contribution in [0.1, 0.15) is 33.0 Å². The van der Waals surface area contributed by atoms with Crippen LogP contribution in [-0.4, -0.2) is 87.8 Å². The van der Waals surface area contributed by atoms with Crippen molar-refractivity contribution < 1.29 is 23.5 Å². The van der Waals surface area contributed by atoms with Crippen molar-refractivity contribution in [3.8, 4) is 16.3 Å². The van der Waals surface area contributed by atoms with Crippen molar-refractivity contribution >= 4 is 69.8 Å². The van der Waals surface area contributed by atoms with E-state index < -0.39 is 17.0 Å². The zero-order valence-electron chi connectivity index (χ0n) is 22.5. The number of anilines is 3. The Hall–Kier alpha value is -3.94.